The molecule has 2 nitrogen and oxygen atoms in total. The Balaban J connectivity index is 0.00000133. The maximum atomic E-state index is 6.55. The van der Waals surface area contributed by atoms with E-state index in [1.54, 1.807) is 0 Å². The van der Waals surface area contributed by atoms with Crippen molar-refractivity contribution in [1.29, 1.82) is 0 Å². The molecule has 0 heterocycles. The lowest BCUT2D eigenvalue weighted by Gasteiger charge is -2.40. The minimum absolute atomic E-state index is 0. The Morgan fingerprint density at radius 1 is 1.32 bits per heavy atom. The van der Waals surface area contributed by atoms with Crippen LogP contribution in [-0.4, -0.2) is 13.2 Å². The number of rotatable bonds is 1. The summed E-state index contributed by atoms with van der Waals surface area (Å²) in [5, 5.41) is 0. The number of ether oxygens (including phenoxy) is 1. The van der Waals surface area contributed by atoms with Gasteiger partial charge in [0.1, 0.15) is 0 Å². The van der Waals surface area contributed by atoms with E-state index in [4.69, 9.17) is 10.5 Å². The van der Waals surface area contributed by atoms with Crippen LogP contribution in [0.3, 0.4) is 0 Å². The fraction of sp³-hybridized carbons (Fsp3) is 0.600. The van der Waals surface area contributed by atoms with Crippen LogP contribution in [-0.2, 0) is 11.2 Å². The molecule has 0 radical (unpaired) electrons. The van der Waals surface area contributed by atoms with E-state index in [-0.39, 0.29) is 23.9 Å². The van der Waals surface area contributed by atoms with Gasteiger partial charge in [-0.3, -0.25) is 0 Å². The van der Waals surface area contributed by atoms with E-state index in [1.807, 2.05) is 7.11 Å². The second-order valence-electron chi connectivity index (χ2n) is 5.80. The molecule has 0 amide bonds. The summed E-state index contributed by atoms with van der Waals surface area (Å²) in [5.41, 5.74) is 9.63. The molecule has 0 aromatic heterocycles. The Labute approximate surface area is 129 Å². The van der Waals surface area contributed by atoms with Crippen molar-refractivity contribution in [3.63, 3.8) is 0 Å². The molecule has 0 saturated heterocycles. The number of nitrogens with two attached hydrogens (primary N) is 1. The van der Waals surface area contributed by atoms with Crippen LogP contribution in [0.15, 0.2) is 22.7 Å². The number of halogens is 2. The lowest BCUT2D eigenvalue weighted by Crippen LogP contribution is -2.37. The zero-order valence-corrected chi connectivity index (χ0v) is 13.6. The summed E-state index contributed by atoms with van der Waals surface area (Å²) < 4.78 is 6.62. The molecule has 1 spiro atoms. The minimum Gasteiger partial charge on any atom is -0.381 e. The second-order valence-corrected chi connectivity index (χ2v) is 6.71. The summed E-state index contributed by atoms with van der Waals surface area (Å²) >= 11 is 3.55. The Morgan fingerprint density at radius 2 is 2.00 bits per heavy atom. The van der Waals surface area contributed by atoms with Crippen LogP contribution in [0.1, 0.15) is 42.9 Å². The molecule has 1 aromatic rings. The van der Waals surface area contributed by atoms with Gasteiger partial charge in [-0.25, -0.2) is 0 Å². The van der Waals surface area contributed by atoms with Gasteiger partial charge in [0.25, 0.3) is 0 Å². The third-order valence-electron chi connectivity index (χ3n) is 4.91. The van der Waals surface area contributed by atoms with Crippen LogP contribution < -0.4 is 5.73 Å². The van der Waals surface area contributed by atoms with Crippen molar-refractivity contribution in [2.24, 2.45) is 11.1 Å². The van der Waals surface area contributed by atoms with Gasteiger partial charge in [-0.05, 0) is 60.8 Å². The number of hydrogen-bond acceptors (Lipinski definition) is 2. The number of benzene rings is 1. The molecule has 3 rings (SSSR count). The quantitative estimate of drug-likeness (QED) is 0.834. The van der Waals surface area contributed by atoms with E-state index < -0.39 is 0 Å². The number of fused-ring (bicyclic) bond motifs is 1. The van der Waals surface area contributed by atoms with Crippen molar-refractivity contribution >= 4 is 28.3 Å². The topological polar surface area (TPSA) is 35.2 Å². The van der Waals surface area contributed by atoms with Gasteiger partial charge in [-0.2, -0.15) is 0 Å². The van der Waals surface area contributed by atoms with Crippen molar-refractivity contribution in [1.82, 2.24) is 0 Å². The normalized spacial score (nSPS) is 33.0. The van der Waals surface area contributed by atoms with Crippen LogP contribution in [0, 0.1) is 5.41 Å². The summed E-state index contributed by atoms with van der Waals surface area (Å²) in [6.45, 7) is 0. The largest absolute Gasteiger partial charge is 0.381 e. The molecular weight excluding hydrogens is 326 g/mol. The molecular formula is C15H21BrClNO. The molecule has 19 heavy (non-hydrogen) atoms. The monoisotopic (exact) mass is 345 g/mol. The molecule has 1 saturated carbocycles. The van der Waals surface area contributed by atoms with E-state index in [0.29, 0.717) is 6.10 Å². The molecule has 106 valence electrons. The lowest BCUT2D eigenvalue weighted by atomic mass is 9.69. The highest BCUT2D eigenvalue weighted by molar-refractivity contribution is 9.10. The van der Waals surface area contributed by atoms with Crippen molar-refractivity contribution in [2.45, 2.75) is 44.2 Å². The van der Waals surface area contributed by atoms with Gasteiger partial charge >= 0.3 is 0 Å². The van der Waals surface area contributed by atoms with Crippen LogP contribution in [0.25, 0.3) is 0 Å². The van der Waals surface area contributed by atoms with E-state index >= 15 is 0 Å². The number of methoxy groups -OCH3 is 1. The van der Waals surface area contributed by atoms with Gasteiger partial charge in [0, 0.05) is 17.6 Å². The van der Waals surface area contributed by atoms with Gasteiger partial charge in [0.2, 0.25) is 0 Å². The highest BCUT2D eigenvalue weighted by Gasteiger charge is 2.46. The summed E-state index contributed by atoms with van der Waals surface area (Å²) in [5.74, 6) is 0. The van der Waals surface area contributed by atoms with Crippen molar-refractivity contribution in [3.05, 3.63) is 33.8 Å². The molecule has 2 aliphatic carbocycles. The predicted molar refractivity (Wildman–Crippen MR) is 83.7 cm³/mol. The second kappa shape index (κ2) is 5.72. The number of hydrogen-bond donors (Lipinski definition) is 1. The summed E-state index contributed by atoms with van der Waals surface area (Å²) in [7, 11) is 1.82. The molecule has 0 bridgehead atoms. The fourth-order valence-corrected chi connectivity index (χ4v) is 4.10. The van der Waals surface area contributed by atoms with Crippen LogP contribution in [0.2, 0.25) is 0 Å². The highest BCUT2D eigenvalue weighted by atomic mass is 79.9. The van der Waals surface area contributed by atoms with Gasteiger partial charge in [-0.1, -0.05) is 22.0 Å². The molecule has 1 fully saturated rings. The van der Waals surface area contributed by atoms with Gasteiger partial charge in [0.05, 0.1) is 6.10 Å². The van der Waals surface area contributed by atoms with Crippen molar-refractivity contribution in [2.75, 3.05) is 7.11 Å². The van der Waals surface area contributed by atoms with Gasteiger partial charge < -0.3 is 10.5 Å². The summed E-state index contributed by atoms with van der Waals surface area (Å²) in [6, 6.07) is 6.77. The van der Waals surface area contributed by atoms with Crippen LogP contribution >= 0.6 is 28.3 Å². The average Bonchev–Trinajstić information content (AvgIpc) is 2.65. The first-order valence-corrected chi connectivity index (χ1v) is 7.51. The molecule has 2 aliphatic rings. The SMILES string of the molecule is COC1CCC2(CC1)Cc1ccc(Br)cc1C2N.Cl. The first kappa shape index (κ1) is 15.3. The van der Waals surface area contributed by atoms with Gasteiger partial charge in [-0.15, -0.1) is 12.4 Å². The van der Waals surface area contributed by atoms with Crippen LogP contribution in [0.4, 0.5) is 0 Å². The molecule has 1 aromatic carbocycles. The predicted octanol–water partition coefficient (Wildman–Crippen LogP) is 4.00. The van der Waals surface area contributed by atoms with Crippen LogP contribution in [0.5, 0.6) is 0 Å². The molecule has 1 unspecified atom stereocenters. The van der Waals surface area contributed by atoms with E-state index in [9.17, 15) is 0 Å². The average molecular weight is 347 g/mol. The maximum absolute atomic E-state index is 6.55. The van der Waals surface area contributed by atoms with E-state index in [1.165, 1.54) is 24.0 Å². The third-order valence-corrected chi connectivity index (χ3v) is 5.40. The van der Waals surface area contributed by atoms with Crippen molar-refractivity contribution < 1.29 is 4.74 Å². The minimum atomic E-state index is 0. The molecule has 4 heteroatoms. The smallest absolute Gasteiger partial charge is 0.0571 e. The Bertz CT molecular complexity index is 457. The molecule has 1 atom stereocenters. The Kier molecular flexibility index (Phi) is 4.61. The maximum Gasteiger partial charge on any atom is 0.0571 e. The summed E-state index contributed by atoms with van der Waals surface area (Å²) in [6.07, 6.45) is 6.28. The Morgan fingerprint density at radius 3 is 2.63 bits per heavy atom. The first-order chi connectivity index (χ1) is 8.64. The standard InChI is InChI=1S/C15H20BrNO.ClH/c1-18-12-4-6-15(7-5-12)9-10-2-3-11(16)8-13(10)14(15)17;/h2-3,8,12,14H,4-7,9,17H2,1H3;1H. The van der Waals surface area contributed by atoms with Crippen molar-refractivity contribution in [3.8, 4) is 0 Å². The zero-order valence-electron chi connectivity index (χ0n) is 11.2. The molecule has 2 N–H and O–H groups in total. The van der Waals surface area contributed by atoms with E-state index in [2.05, 4.69) is 34.1 Å². The highest BCUT2D eigenvalue weighted by Crippen LogP contribution is 2.53. The van der Waals surface area contributed by atoms with E-state index in [0.717, 1.165) is 23.7 Å². The van der Waals surface area contributed by atoms with Gasteiger partial charge in [0.15, 0.2) is 0 Å². The third kappa shape index (κ3) is 2.58. The lowest BCUT2D eigenvalue weighted by molar-refractivity contribution is 0.0207. The zero-order chi connectivity index (χ0) is 12.8. The summed E-state index contributed by atoms with van der Waals surface area (Å²) in [4.78, 5) is 0. The fourth-order valence-electron chi connectivity index (χ4n) is 3.73. The first-order valence-electron chi connectivity index (χ1n) is 6.71. The molecule has 0 aliphatic heterocycles. The Hall–Kier alpha value is -0.0900.